The minimum atomic E-state index is -2.29. The quantitative estimate of drug-likeness (QED) is 0.161. The van der Waals surface area contributed by atoms with Crippen LogP contribution < -0.4 is 0 Å². The molecule has 0 N–H and O–H groups in total. The molecule has 0 bridgehead atoms. The molecule has 0 aliphatic rings. The van der Waals surface area contributed by atoms with Crippen LogP contribution >= 0.6 is 11.3 Å². The predicted molar refractivity (Wildman–Crippen MR) is 205 cm³/mol. The molecule has 0 fully saturated rings. The van der Waals surface area contributed by atoms with Gasteiger partial charge in [0.1, 0.15) is 0 Å². The van der Waals surface area contributed by atoms with E-state index in [1.165, 1.54) is 33.5 Å². The molecule has 4 aromatic carbocycles. The second-order valence-electron chi connectivity index (χ2n) is 12.8. The van der Waals surface area contributed by atoms with Crippen LogP contribution in [0.3, 0.4) is 0 Å². The number of hydrogen-bond acceptors (Lipinski definition) is 3. The third-order valence-electron chi connectivity index (χ3n) is 7.96. The van der Waals surface area contributed by atoms with Gasteiger partial charge in [0.2, 0.25) is 0 Å². The molecule has 7 rings (SSSR count). The van der Waals surface area contributed by atoms with Crippen molar-refractivity contribution < 1.29 is 31.1 Å². The summed E-state index contributed by atoms with van der Waals surface area (Å²) in [7, 11) is 0. The molecule has 4 heteroatoms. The van der Waals surface area contributed by atoms with E-state index in [2.05, 4.69) is 35.9 Å². The molecule has 0 atom stereocenters. The molecule has 0 saturated carbocycles. The van der Waals surface area contributed by atoms with E-state index in [1.807, 2.05) is 99.6 Å². The van der Waals surface area contributed by atoms with Gasteiger partial charge < -0.3 is 9.97 Å². The Bertz CT molecular complexity index is 2470. The van der Waals surface area contributed by atoms with Crippen LogP contribution in [0.15, 0.2) is 116 Å². The van der Waals surface area contributed by atoms with Gasteiger partial charge in [-0.3, -0.25) is 0 Å². The summed E-state index contributed by atoms with van der Waals surface area (Å²) in [6.45, 7) is 5.40. The number of nitrogens with zero attached hydrogens (tertiary/aromatic N) is 2. The topological polar surface area (TPSA) is 25.8 Å². The molecule has 0 unspecified atom stereocenters. The number of aryl methyl sites for hydroxylation is 4. The average molecular weight is 843 g/mol. The maximum Gasteiger partial charge on any atom is 0.0348 e. The van der Waals surface area contributed by atoms with Crippen molar-refractivity contribution in [2.75, 3.05) is 0 Å². The van der Waals surface area contributed by atoms with Crippen LogP contribution in [0.4, 0.5) is 0 Å². The molecule has 3 aromatic heterocycles. The zero-order valence-electron chi connectivity index (χ0n) is 36.1. The minimum absolute atomic E-state index is 0. The second-order valence-corrected chi connectivity index (χ2v) is 14.0. The first-order valence-corrected chi connectivity index (χ1v) is 16.6. The van der Waals surface area contributed by atoms with Crippen molar-refractivity contribution in [3.05, 3.63) is 155 Å². The molecule has 0 aliphatic heterocycles. The van der Waals surface area contributed by atoms with Crippen molar-refractivity contribution in [2.45, 2.75) is 54.7 Å². The first kappa shape index (κ1) is 26.6. The molecular formula is C45H42IrN2S-2. The smallest absolute Gasteiger partial charge is 0.0348 e. The zero-order chi connectivity index (χ0) is 40.6. The third-order valence-corrected chi connectivity index (χ3v) is 9.15. The third kappa shape index (κ3) is 8.88. The van der Waals surface area contributed by atoms with Gasteiger partial charge in [-0.15, -0.1) is 76.6 Å². The number of hydrogen-bond donors (Lipinski definition) is 0. The number of pyridine rings is 2. The average Bonchev–Trinajstić information content (AvgIpc) is 3.46. The Kier molecular flexibility index (Phi) is 8.45. The maximum atomic E-state index is 8.39. The number of thiophene rings is 1. The fourth-order valence-electron chi connectivity index (χ4n) is 5.43. The molecular weight excluding hydrogens is 793 g/mol. The number of aromatic nitrogens is 2. The number of benzene rings is 4. The zero-order valence-corrected chi connectivity index (χ0v) is 31.3. The summed E-state index contributed by atoms with van der Waals surface area (Å²) in [6.07, 6.45) is 1.75. The Balaban J connectivity index is 0.000000219. The first-order chi connectivity index (χ1) is 26.2. The fourth-order valence-corrected chi connectivity index (χ4v) is 6.48. The van der Waals surface area contributed by atoms with E-state index in [4.69, 9.17) is 11.0 Å². The molecule has 1 radical (unpaired) electrons. The van der Waals surface area contributed by atoms with Crippen LogP contribution in [-0.2, 0) is 26.5 Å². The Morgan fingerprint density at radius 2 is 1.59 bits per heavy atom. The van der Waals surface area contributed by atoms with Crippen molar-refractivity contribution in [2.24, 2.45) is 5.41 Å². The van der Waals surface area contributed by atoms with Gasteiger partial charge in [0.05, 0.1) is 0 Å². The molecule has 3 heterocycles. The molecule has 7 aromatic rings. The fraction of sp³-hybridized carbons (Fsp3) is 0.200. The minimum Gasteiger partial charge on any atom is -0.305 e. The van der Waals surface area contributed by atoms with E-state index in [0.29, 0.717) is 22.4 Å². The number of fused-ring (bicyclic) bond motifs is 1. The van der Waals surface area contributed by atoms with Gasteiger partial charge in [0, 0.05) is 53.0 Å². The first-order valence-electron chi connectivity index (χ1n) is 19.8. The van der Waals surface area contributed by atoms with Gasteiger partial charge in [-0.1, -0.05) is 81.7 Å². The van der Waals surface area contributed by atoms with Gasteiger partial charge in [0.25, 0.3) is 0 Å². The predicted octanol–water partition coefficient (Wildman–Crippen LogP) is 12.5. The van der Waals surface area contributed by atoms with E-state index in [0.717, 1.165) is 33.3 Å². The van der Waals surface area contributed by atoms with Crippen LogP contribution in [0.5, 0.6) is 0 Å². The normalized spacial score (nSPS) is 14.3. The summed E-state index contributed by atoms with van der Waals surface area (Å²) < 4.78 is 64.4. The summed E-state index contributed by atoms with van der Waals surface area (Å²) in [4.78, 5) is 9.95. The molecule has 2 nitrogen and oxygen atoms in total. The van der Waals surface area contributed by atoms with Crippen molar-refractivity contribution >= 4 is 21.4 Å². The SMILES string of the molecule is [2H]C([2H])([2H])c1ccc(-c2[c-]cc(C([2H])([2H])[2H])c(-c3ccc4sc(C)c(C)c4c3)c2)nc1.[2H]C([2H])(c1ccc(-c2ccnc(-c3[c-]cccc3)c2)cc1)C(C)(C)C.[Ir]. The van der Waals surface area contributed by atoms with E-state index in [-0.39, 0.29) is 31.2 Å². The van der Waals surface area contributed by atoms with Crippen LogP contribution in [0.2, 0.25) is 0 Å². The number of rotatable bonds is 5. The van der Waals surface area contributed by atoms with Gasteiger partial charge in [0.15, 0.2) is 0 Å². The van der Waals surface area contributed by atoms with Crippen molar-refractivity contribution in [1.82, 2.24) is 9.97 Å². The molecule has 0 aliphatic carbocycles. The summed E-state index contributed by atoms with van der Waals surface area (Å²) in [6, 6.07) is 38.2. The molecule has 49 heavy (non-hydrogen) atoms. The van der Waals surface area contributed by atoms with Crippen LogP contribution in [-0.4, -0.2) is 9.97 Å². The molecule has 0 saturated heterocycles. The Morgan fingerprint density at radius 1 is 0.776 bits per heavy atom. The van der Waals surface area contributed by atoms with E-state index < -0.39 is 25.5 Å². The van der Waals surface area contributed by atoms with Crippen LogP contribution in [0, 0.1) is 45.1 Å². The van der Waals surface area contributed by atoms with Gasteiger partial charge >= 0.3 is 0 Å². The van der Waals surface area contributed by atoms with E-state index in [1.54, 1.807) is 29.7 Å². The molecule has 249 valence electrons. The Hall–Kier alpha value is -4.21. The van der Waals surface area contributed by atoms with Gasteiger partial charge in [-0.2, -0.15) is 0 Å². The van der Waals surface area contributed by atoms with Crippen molar-refractivity contribution in [1.29, 1.82) is 0 Å². The molecule has 0 amide bonds. The summed E-state index contributed by atoms with van der Waals surface area (Å²) >= 11 is 1.72. The summed E-state index contributed by atoms with van der Waals surface area (Å²) in [5.74, 6) is 0. The van der Waals surface area contributed by atoms with Crippen molar-refractivity contribution in [3.8, 4) is 44.8 Å². The largest absolute Gasteiger partial charge is 0.305 e. The standard InChI is InChI=1S/C23H20NS.C22H22N.Ir/c1-14-5-9-22(24-13-14)19-7-6-15(2)20(12-19)18-8-10-23-21(11-18)16(3)17(4)25-23;1-22(2,3)16-17-9-11-18(12-10-17)20-13-14-23-21(15-20)19-7-5-4-6-8-19;/h5-6,8-13H,1-4H3;4-7,9-15H,16H2,1-3H3;/q2*-1;/i1D3,2D3;16D2;. The monoisotopic (exact) mass is 843 g/mol. The van der Waals surface area contributed by atoms with Crippen LogP contribution in [0.1, 0.15) is 58.9 Å². The summed E-state index contributed by atoms with van der Waals surface area (Å²) in [5.41, 5.74) is 8.33. The Morgan fingerprint density at radius 3 is 2.29 bits per heavy atom. The van der Waals surface area contributed by atoms with E-state index in [9.17, 15) is 0 Å². The van der Waals surface area contributed by atoms with E-state index >= 15 is 0 Å². The molecule has 0 spiro atoms. The van der Waals surface area contributed by atoms with Crippen LogP contribution in [0.25, 0.3) is 54.9 Å². The van der Waals surface area contributed by atoms with Crippen molar-refractivity contribution in [3.63, 3.8) is 0 Å². The summed E-state index contributed by atoms with van der Waals surface area (Å²) in [5, 5.41) is 1.12. The second kappa shape index (κ2) is 15.6. The maximum absolute atomic E-state index is 8.39. The van der Waals surface area contributed by atoms with Gasteiger partial charge in [-0.25, -0.2) is 0 Å². The van der Waals surface area contributed by atoms with Gasteiger partial charge in [-0.05, 0) is 101 Å². The Labute approximate surface area is 320 Å².